The normalized spacial score (nSPS) is 15.4. The average Bonchev–Trinajstić information content (AvgIpc) is 2.88. The van der Waals surface area contributed by atoms with Crippen LogP contribution in [0.25, 0.3) is 0 Å². The highest BCUT2D eigenvalue weighted by Gasteiger charge is 2.35. The lowest BCUT2D eigenvalue weighted by Crippen LogP contribution is -2.56. The topological polar surface area (TPSA) is 42.4 Å². The Morgan fingerprint density at radius 1 is 1.39 bits per heavy atom. The third kappa shape index (κ3) is 3.47. The van der Waals surface area contributed by atoms with Gasteiger partial charge in [-0.1, -0.05) is 0 Å². The summed E-state index contributed by atoms with van der Waals surface area (Å²) >= 11 is 1.38. The highest BCUT2D eigenvalue weighted by Crippen LogP contribution is 2.31. The first-order valence-electron chi connectivity index (χ1n) is 6.87. The number of halogens is 3. The van der Waals surface area contributed by atoms with E-state index in [4.69, 9.17) is 4.74 Å². The first-order valence-corrected chi connectivity index (χ1v) is 7.75. The minimum absolute atomic E-state index is 0.0797. The highest BCUT2D eigenvalue weighted by atomic mass is 32.1. The van der Waals surface area contributed by atoms with E-state index >= 15 is 0 Å². The minimum atomic E-state index is -4.43. The molecule has 3 heterocycles. The van der Waals surface area contributed by atoms with Gasteiger partial charge in [0.2, 0.25) is 5.88 Å². The maximum atomic E-state index is 12.6. The molecule has 3 rings (SSSR count). The molecular formula is C15H13F3N2O2S. The molecular weight excluding hydrogens is 329 g/mol. The molecule has 0 unspecified atom stereocenters. The van der Waals surface area contributed by atoms with Gasteiger partial charge in [-0.05, 0) is 30.0 Å². The quantitative estimate of drug-likeness (QED) is 0.859. The van der Waals surface area contributed by atoms with E-state index in [1.54, 1.807) is 4.90 Å². The van der Waals surface area contributed by atoms with Crippen LogP contribution in [-0.2, 0) is 6.18 Å². The second-order valence-electron chi connectivity index (χ2n) is 5.32. The first-order chi connectivity index (χ1) is 10.8. The molecule has 0 radical (unpaired) electrons. The second-order valence-corrected chi connectivity index (χ2v) is 6.23. The monoisotopic (exact) mass is 342 g/mol. The molecule has 0 aliphatic carbocycles. The van der Waals surface area contributed by atoms with Crippen LogP contribution in [0.2, 0.25) is 0 Å². The number of hydrogen-bond acceptors (Lipinski definition) is 4. The molecule has 0 atom stereocenters. The van der Waals surface area contributed by atoms with Crippen molar-refractivity contribution < 1.29 is 22.7 Å². The minimum Gasteiger partial charge on any atom is -0.471 e. The zero-order chi connectivity index (χ0) is 16.6. The Balaban J connectivity index is 1.57. The Morgan fingerprint density at radius 2 is 2.13 bits per heavy atom. The summed E-state index contributed by atoms with van der Waals surface area (Å²) in [6, 6.07) is 3.57. The summed E-state index contributed by atoms with van der Waals surface area (Å²) < 4.78 is 43.3. The zero-order valence-corrected chi connectivity index (χ0v) is 12.9. The number of rotatable bonds is 3. The molecule has 23 heavy (non-hydrogen) atoms. The Morgan fingerprint density at radius 3 is 2.74 bits per heavy atom. The predicted molar refractivity (Wildman–Crippen MR) is 78.6 cm³/mol. The summed E-state index contributed by atoms with van der Waals surface area (Å²) in [6.45, 7) is 2.59. The Labute approximate surface area is 134 Å². The van der Waals surface area contributed by atoms with E-state index in [-0.39, 0.29) is 17.9 Å². The molecule has 122 valence electrons. The van der Waals surface area contributed by atoms with Crippen molar-refractivity contribution in [2.75, 3.05) is 13.1 Å². The van der Waals surface area contributed by atoms with Crippen LogP contribution in [0, 0.1) is 6.92 Å². The lowest BCUT2D eigenvalue weighted by molar-refractivity contribution is -0.137. The number of thiophene rings is 1. The number of alkyl halides is 3. The van der Waals surface area contributed by atoms with E-state index in [2.05, 4.69) is 4.98 Å². The molecule has 0 bridgehead atoms. The van der Waals surface area contributed by atoms with Crippen LogP contribution in [0.4, 0.5) is 13.2 Å². The number of likely N-dealkylation sites (tertiary alicyclic amines) is 1. The van der Waals surface area contributed by atoms with Crippen molar-refractivity contribution >= 4 is 17.2 Å². The van der Waals surface area contributed by atoms with Crippen LogP contribution in [0.3, 0.4) is 0 Å². The summed E-state index contributed by atoms with van der Waals surface area (Å²) in [7, 11) is 0. The van der Waals surface area contributed by atoms with Crippen LogP contribution < -0.4 is 4.74 Å². The number of nitrogens with zero attached hydrogens (tertiary/aromatic N) is 2. The van der Waals surface area contributed by atoms with Gasteiger partial charge in [-0.25, -0.2) is 4.98 Å². The fourth-order valence-electron chi connectivity index (χ4n) is 2.20. The molecule has 1 saturated heterocycles. The van der Waals surface area contributed by atoms with Gasteiger partial charge in [0.1, 0.15) is 6.10 Å². The number of hydrogen-bond donors (Lipinski definition) is 0. The van der Waals surface area contributed by atoms with Crippen LogP contribution >= 0.6 is 11.3 Å². The van der Waals surface area contributed by atoms with E-state index in [1.165, 1.54) is 11.3 Å². The smallest absolute Gasteiger partial charge is 0.416 e. The van der Waals surface area contributed by atoms with Crippen molar-refractivity contribution in [1.82, 2.24) is 9.88 Å². The van der Waals surface area contributed by atoms with Gasteiger partial charge in [-0.15, -0.1) is 11.3 Å². The zero-order valence-electron chi connectivity index (χ0n) is 12.1. The van der Waals surface area contributed by atoms with E-state index in [9.17, 15) is 18.0 Å². The number of carbonyl (C=O) groups excluding carboxylic acids is 1. The molecule has 4 nitrogen and oxygen atoms in total. The molecule has 0 saturated carbocycles. The summed E-state index contributed by atoms with van der Waals surface area (Å²) in [4.78, 5) is 18.2. The maximum Gasteiger partial charge on any atom is 0.416 e. The lowest BCUT2D eigenvalue weighted by Gasteiger charge is -2.38. The van der Waals surface area contributed by atoms with Crippen molar-refractivity contribution in [3.05, 3.63) is 45.8 Å². The highest BCUT2D eigenvalue weighted by molar-refractivity contribution is 7.12. The molecule has 8 heteroatoms. The SMILES string of the molecule is Cc1csc(C(=O)N2CC(Oc3cc(C(F)(F)F)ccn3)C2)c1. The van der Waals surface area contributed by atoms with Crippen molar-refractivity contribution in [3.63, 3.8) is 0 Å². The number of aromatic nitrogens is 1. The van der Waals surface area contributed by atoms with Crippen LogP contribution in [-0.4, -0.2) is 35.0 Å². The molecule has 0 spiro atoms. The Kier molecular flexibility index (Phi) is 4.01. The van der Waals surface area contributed by atoms with Gasteiger partial charge in [0.05, 0.1) is 23.5 Å². The van der Waals surface area contributed by atoms with Crippen molar-refractivity contribution in [2.24, 2.45) is 0 Å². The third-order valence-electron chi connectivity index (χ3n) is 3.43. The molecule has 1 aliphatic heterocycles. The van der Waals surface area contributed by atoms with Gasteiger partial charge in [0, 0.05) is 12.3 Å². The molecule has 0 N–H and O–H groups in total. The van der Waals surface area contributed by atoms with Gasteiger partial charge in [0.25, 0.3) is 5.91 Å². The van der Waals surface area contributed by atoms with Gasteiger partial charge >= 0.3 is 6.18 Å². The molecule has 1 fully saturated rings. The number of carbonyl (C=O) groups is 1. The van der Waals surface area contributed by atoms with E-state index in [1.807, 2.05) is 18.4 Å². The van der Waals surface area contributed by atoms with E-state index in [0.29, 0.717) is 18.0 Å². The lowest BCUT2D eigenvalue weighted by atomic mass is 10.1. The van der Waals surface area contributed by atoms with Crippen molar-refractivity contribution in [1.29, 1.82) is 0 Å². The van der Waals surface area contributed by atoms with Gasteiger partial charge in [0.15, 0.2) is 0 Å². The number of aryl methyl sites for hydroxylation is 1. The summed E-state index contributed by atoms with van der Waals surface area (Å²) in [5.74, 6) is -0.163. The van der Waals surface area contributed by atoms with Gasteiger partial charge in [-0.3, -0.25) is 4.79 Å². The largest absolute Gasteiger partial charge is 0.471 e. The van der Waals surface area contributed by atoms with Gasteiger partial charge in [-0.2, -0.15) is 13.2 Å². The predicted octanol–water partition coefficient (Wildman–Crippen LogP) is 3.37. The van der Waals surface area contributed by atoms with Gasteiger partial charge < -0.3 is 9.64 Å². The van der Waals surface area contributed by atoms with Crippen molar-refractivity contribution in [3.8, 4) is 5.88 Å². The first kappa shape index (κ1) is 15.8. The van der Waals surface area contributed by atoms with Crippen molar-refractivity contribution in [2.45, 2.75) is 19.2 Å². The van der Waals surface area contributed by atoms with E-state index < -0.39 is 11.7 Å². The number of ether oxygens (including phenoxy) is 1. The van der Waals surface area contributed by atoms with Crippen LogP contribution in [0.15, 0.2) is 29.8 Å². The fraction of sp³-hybridized carbons (Fsp3) is 0.333. The molecule has 1 aliphatic rings. The number of amides is 1. The molecule has 2 aromatic heterocycles. The third-order valence-corrected chi connectivity index (χ3v) is 4.46. The number of pyridine rings is 1. The molecule has 1 amide bonds. The summed E-state index contributed by atoms with van der Waals surface area (Å²) in [5, 5.41) is 1.90. The average molecular weight is 342 g/mol. The van der Waals surface area contributed by atoms with Crippen LogP contribution in [0.5, 0.6) is 5.88 Å². The molecule has 0 aromatic carbocycles. The second kappa shape index (κ2) is 5.84. The summed E-state index contributed by atoms with van der Waals surface area (Å²) in [6.07, 6.45) is -3.70. The fourth-order valence-corrected chi connectivity index (χ4v) is 3.06. The molecule has 2 aromatic rings. The maximum absolute atomic E-state index is 12.6. The summed E-state index contributed by atoms with van der Waals surface area (Å²) in [5.41, 5.74) is 0.226. The Hall–Kier alpha value is -2.09. The van der Waals surface area contributed by atoms with Crippen LogP contribution in [0.1, 0.15) is 20.8 Å². The standard InChI is InChI=1S/C15H13F3N2O2S/c1-9-4-12(23-8-9)14(21)20-6-11(7-20)22-13-5-10(2-3-19-13)15(16,17)18/h2-5,8,11H,6-7H2,1H3. The Bertz CT molecular complexity index is 724. The van der Waals surface area contributed by atoms with E-state index in [0.717, 1.165) is 23.9 Å².